The second-order valence-electron chi connectivity index (χ2n) is 6.30. The molecule has 3 N–H and O–H groups in total. The molecule has 1 aromatic heterocycles. The molecule has 0 bridgehead atoms. The number of hydrogen-bond donors (Lipinski definition) is 3. The monoisotopic (exact) mass is 363 g/mol. The van der Waals surface area contributed by atoms with Gasteiger partial charge in [-0.15, -0.1) is 12.4 Å². The maximum atomic E-state index is 12.5. The van der Waals surface area contributed by atoms with Gasteiger partial charge in [0.1, 0.15) is 0 Å². The van der Waals surface area contributed by atoms with Crippen molar-refractivity contribution in [3.8, 4) is 0 Å². The fourth-order valence-electron chi connectivity index (χ4n) is 2.77. The highest BCUT2D eigenvalue weighted by Crippen LogP contribution is 2.27. The number of nitrogens with one attached hydrogen (secondary N) is 3. The maximum Gasteiger partial charge on any atom is 0.291 e. The summed E-state index contributed by atoms with van der Waals surface area (Å²) in [5.74, 6) is -0.0373. The largest absolute Gasteiger partial charge is 0.459 e. The molecule has 25 heavy (non-hydrogen) atoms. The van der Waals surface area contributed by atoms with Gasteiger partial charge in [-0.2, -0.15) is 0 Å². The summed E-state index contributed by atoms with van der Waals surface area (Å²) in [5.41, 5.74) is 0.965. The Bertz CT molecular complexity index is 708. The van der Waals surface area contributed by atoms with Crippen molar-refractivity contribution in [2.45, 2.75) is 19.8 Å². The van der Waals surface area contributed by atoms with Gasteiger partial charge < -0.3 is 20.4 Å². The lowest BCUT2D eigenvalue weighted by Gasteiger charge is -2.32. The molecule has 1 fully saturated rings. The molecular formula is C18H22ClN3O3. The Labute approximate surface area is 152 Å². The van der Waals surface area contributed by atoms with Crippen molar-refractivity contribution in [2.75, 3.05) is 23.7 Å². The van der Waals surface area contributed by atoms with Gasteiger partial charge in [0.05, 0.1) is 11.7 Å². The molecule has 0 saturated carbocycles. The third kappa shape index (κ3) is 4.61. The Morgan fingerprint density at radius 1 is 1.12 bits per heavy atom. The molecule has 0 spiro atoms. The molecule has 1 aromatic carbocycles. The van der Waals surface area contributed by atoms with E-state index in [0.717, 1.165) is 19.4 Å². The lowest BCUT2D eigenvalue weighted by molar-refractivity contribution is -0.125. The van der Waals surface area contributed by atoms with Crippen molar-refractivity contribution < 1.29 is 14.0 Å². The Hall–Kier alpha value is -2.31. The van der Waals surface area contributed by atoms with E-state index in [-0.39, 0.29) is 35.4 Å². The topological polar surface area (TPSA) is 83.4 Å². The minimum atomic E-state index is -0.384. The van der Waals surface area contributed by atoms with Crippen LogP contribution in [0, 0.1) is 5.41 Å². The first-order valence-electron chi connectivity index (χ1n) is 8.04. The molecule has 1 aliphatic rings. The van der Waals surface area contributed by atoms with Crippen molar-refractivity contribution in [3.05, 3.63) is 48.4 Å². The number of amides is 2. The van der Waals surface area contributed by atoms with Gasteiger partial charge in [-0.25, -0.2) is 0 Å². The second kappa shape index (κ2) is 8.18. The van der Waals surface area contributed by atoms with Crippen LogP contribution in [0.5, 0.6) is 0 Å². The minimum absolute atomic E-state index is 0. The standard InChI is InChI=1S/C18H21N3O3.ClH/c1-18(9-3-10-19-12-18)17(23)21-14-7-5-13(6-8-14)20-16(22)15-4-2-11-24-15;/h2,4-8,11,19H,3,9-10,12H2,1H3,(H,20,22)(H,21,23);1H. The summed E-state index contributed by atoms with van der Waals surface area (Å²) in [6.45, 7) is 3.63. The van der Waals surface area contributed by atoms with Crippen LogP contribution in [0.25, 0.3) is 0 Å². The SMILES string of the molecule is CC1(C(=O)Nc2ccc(NC(=O)c3ccco3)cc2)CCCNC1.Cl. The predicted molar refractivity (Wildman–Crippen MR) is 99.2 cm³/mol. The highest BCUT2D eigenvalue weighted by Gasteiger charge is 2.34. The van der Waals surface area contributed by atoms with Gasteiger partial charge >= 0.3 is 0 Å². The third-order valence-corrected chi connectivity index (χ3v) is 4.29. The third-order valence-electron chi connectivity index (χ3n) is 4.29. The molecule has 1 unspecified atom stereocenters. The Morgan fingerprint density at radius 3 is 2.36 bits per heavy atom. The number of piperidine rings is 1. The lowest BCUT2D eigenvalue weighted by atomic mass is 9.82. The summed E-state index contributed by atoms with van der Waals surface area (Å²) in [6, 6.07) is 10.3. The summed E-state index contributed by atoms with van der Waals surface area (Å²) in [5, 5.41) is 8.96. The van der Waals surface area contributed by atoms with Crippen LogP contribution in [-0.4, -0.2) is 24.9 Å². The van der Waals surface area contributed by atoms with Crippen LogP contribution in [0.3, 0.4) is 0 Å². The zero-order valence-electron chi connectivity index (χ0n) is 14.0. The fourth-order valence-corrected chi connectivity index (χ4v) is 2.77. The summed E-state index contributed by atoms with van der Waals surface area (Å²) in [4.78, 5) is 24.4. The van der Waals surface area contributed by atoms with Gasteiger partial charge in [-0.3, -0.25) is 9.59 Å². The Balaban J connectivity index is 0.00000225. The van der Waals surface area contributed by atoms with E-state index in [1.807, 2.05) is 6.92 Å². The van der Waals surface area contributed by atoms with E-state index in [1.54, 1.807) is 36.4 Å². The van der Waals surface area contributed by atoms with Gasteiger partial charge in [0, 0.05) is 17.9 Å². The van der Waals surface area contributed by atoms with E-state index in [1.165, 1.54) is 6.26 Å². The van der Waals surface area contributed by atoms with Gasteiger partial charge in [0.2, 0.25) is 5.91 Å². The molecule has 6 nitrogen and oxygen atoms in total. The number of carbonyl (C=O) groups is 2. The first kappa shape index (κ1) is 19.0. The highest BCUT2D eigenvalue weighted by molar-refractivity contribution is 6.02. The van der Waals surface area contributed by atoms with Crippen LogP contribution in [0.2, 0.25) is 0 Å². The zero-order chi connectivity index (χ0) is 17.0. The molecule has 2 heterocycles. The van der Waals surface area contributed by atoms with Crippen molar-refractivity contribution in [1.29, 1.82) is 0 Å². The van der Waals surface area contributed by atoms with Crippen molar-refractivity contribution in [3.63, 3.8) is 0 Å². The minimum Gasteiger partial charge on any atom is -0.459 e. The van der Waals surface area contributed by atoms with E-state index in [4.69, 9.17) is 4.42 Å². The number of rotatable bonds is 4. The first-order chi connectivity index (χ1) is 11.6. The predicted octanol–water partition coefficient (Wildman–Crippen LogP) is 3.28. The molecular weight excluding hydrogens is 342 g/mol. The van der Waals surface area contributed by atoms with Crippen LogP contribution in [0.15, 0.2) is 47.1 Å². The molecule has 3 rings (SSSR count). The van der Waals surface area contributed by atoms with Crippen molar-refractivity contribution >= 4 is 35.6 Å². The van der Waals surface area contributed by atoms with Gasteiger partial charge in [0.25, 0.3) is 5.91 Å². The molecule has 7 heteroatoms. The molecule has 2 aromatic rings. The highest BCUT2D eigenvalue weighted by atomic mass is 35.5. The van der Waals surface area contributed by atoms with Crippen LogP contribution in [-0.2, 0) is 4.79 Å². The summed E-state index contributed by atoms with van der Waals surface area (Å²) >= 11 is 0. The van der Waals surface area contributed by atoms with E-state index in [2.05, 4.69) is 16.0 Å². The van der Waals surface area contributed by atoms with Gasteiger partial charge in [-0.1, -0.05) is 0 Å². The first-order valence-corrected chi connectivity index (χ1v) is 8.04. The molecule has 134 valence electrons. The smallest absolute Gasteiger partial charge is 0.291 e. The number of halogens is 1. The molecule has 0 radical (unpaired) electrons. The molecule has 2 amide bonds. The number of anilines is 2. The summed E-state index contributed by atoms with van der Waals surface area (Å²) in [7, 11) is 0. The number of hydrogen-bond acceptors (Lipinski definition) is 4. The van der Waals surface area contributed by atoms with Crippen LogP contribution >= 0.6 is 12.4 Å². The molecule has 1 aliphatic heterocycles. The second-order valence-corrected chi connectivity index (χ2v) is 6.30. The molecule has 1 atom stereocenters. The van der Waals surface area contributed by atoms with E-state index >= 15 is 0 Å². The van der Waals surface area contributed by atoms with Crippen LogP contribution < -0.4 is 16.0 Å². The normalized spacial score (nSPS) is 19.6. The zero-order valence-corrected chi connectivity index (χ0v) is 14.8. The number of furan rings is 1. The van der Waals surface area contributed by atoms with Gasteiger partial charge in [-0.05, 0) is 62.7 Å². The van der Waals surface area contributed by atoms with Gasteiger partial charge in [0.15, 0.2) is 5.76 Å². The van der Waals surface area contributed by atoms with Crippen LogP contribution in [0.4, 0.5) is 11.4 Å². The Kier molecular flexibility index (Phi) is 6.22. The average molecular weight is 364 g/mol. The van der Waals surface area contributed by atoms with E-state index in [9.17, 15) is 9.59 Å². The van der Waals surface area contributed by atoms with Crippen molar-refractivity contribution in [1.82, 2.24) is 5.32 Å². The molecule has 0 aliphatic carbocycles. The average Bonchev–Trinajstić information content (AvgIpc) is 3.12. The van der Waals surface area contributed by atoms with Crippen molar-refractivity contribution in [2.24, 2.45) is 5.41 Å². The van der Waals surface area contributed by atoms with E-state index in [0.29, 0.717) is 17.9 Å². The van der Waals surface area contributed by atoms with Crippen LogP contribution in [0.1, 0.15) is 30.3 Å². The van der Waals surface area contributed by atoms with E-state index < -0.39 is 0 Å². The number of carbonyl (C=O) groups excluding carboxylic acids is 2. The lowest BCUT2D eigenvalue weighted by Crippen LogP contribution is -2.46. The fraction of sp³-hybridized carbons (Fsp3) is 0.333. The number of benzene rings is 1. The molecule has 1 saturated heterocycles. The maximum absolute atomic E-state index is 12.5. The summed E-state index contributed by atoms with van der Waals surface area (Å²) < 4.78 is 5.05. The Morgan fingerprint density at radius 2 is 1.80 bits per heavy atom. The summed E-state index contributed by atoms with van der Waals surface area (Å²) in [6.07, 6.45) is 3.33. The quantitative estimate of drug-likeness (QED) is 0.778.